The molecule has 3 unspecified atom stereocenters. The molecule has 2 saturated heterocycles. The highest BCUT2D eigenvalue weighted by molar-refractivity contribution is 7.91. The Hall–Kier alpha value is -0.130. The van der Waals surface area contributed by atoms with E-state index >= 15 is 0 Å². The summed E-state index contributed by atoms with van der Waals surface area (Å²) in [6, 6.07) is -0.0998. The lowest BCUT2D eigenvalue weighted by Crippen LogP contribution is -2.45. The molecule has 16 heavy (non-hydrogen) atoms. The first-order valence-corrected chi connectivity index (χ1v) is 8.04. The number of nitrogens with zero attached hydrogens (tertiary/aromatic N) is 1. The van der Waals surface area contributed by atoms with E-state index in [1.807, 2.05) is 0 Å². The van der Waals surface area contributed by atoms with Gasteiger partial charge in [0.25, 0.3) is 0 Å². The minimum absolute atomic E-state index is 0.0758. The molecular formula is C11H22N2O2S. The van der Waals surface area contributed by atoms with E-state index in [4.69, 9.17) is 5.73 Å². The number of hydrogen-bond acceptors (Lipinski definition) is 4. The van der Waals surface area contributed by atoms with Crippen LogP contribution >= 0.6 is 0 Å². The van der Waals surface area contributed by atoms with E-state index in [2.05, 4.69) is 11.8 Å². The number of nitrogens with two attached hydrogens (primary N) is 1. The van der Waals surface area contributed by atoms with Crippen LogP contribution in [0.4, 0.5) is 0 Å². The Morgan fingerprint density at radius 2 is 2.12 bits per heavy atom. The van der Waals surface area contributed by atoms with Crippen LogP contribution in [-0.2, 0) is 9.84 Å². The molecule has 0 aromatic carbocycles. The molecular weight excluding hydrogens is 224 g/mol. The van der Waals surface area contributed by atoms with Crippen LogP contribution in [0.5, 0.6) is 0 Å². The van der Waals surface area contributed by atoms with Crippen molar-refractivity contribution in [3.8, 4) is 0 Å². The summed E-state index contributed by atoms with van der Waals surface area (Å²) in [7, 11) is -2.88. The van der Waals surface area contributed by atoms with Gasteiger partial charge in [0.15, 0.2) is 9.84 Å². The third-order valence-corrected chi connectivity index (χ3v) is 5.59. The molecule has 94 valence electrons. The highest BCUT2D eigenvalue weighted by atomic mass is 32.2. The Balaban J connectivity index is 1.95. The molecule has 2 fully saturated rings. The van der Waals surface area contributed by atoms with E-state index in [1.165, 1.54) is 19.3 Å². The van der Waals surface area contributed by atoms with E-state index in [0.29, 0.717) is 0 Å². The van der Waals surface area contributed by atoms with Crippen molar-refractivity contribution in [3.63, 3.8) is 0 Å². The summed E-state index contributed by atoms with van der Waals surface area (Å²) < 4.78 is 23.0. The summed E-state index contributed by atoms with van der Waals surface area (Å²) in [6.07, 6.45) is 3.68. The van der Waals surface area contributed by atoms with Gasteiger partial charge in [0.2, 0.25) is 0 Å². The smallest absolute Gasteiger partial charge is 0.153 e. The minimum Gasteiger partial charge on any atom is -0.325 e. The monoisotopic (exact) mass is 246 g/mol. The van der Waals surface area contributed by atoms with E-state index in [-0.39, 0.29) is 23.6 Å². The zero-order valence-electron chi connectivity index (χ0n) is 9.93. The van der Waals surface area contributed by atoms with Gasteiger partial charge in [-0.05, 0) is 25.3 Å². The Bertz CT molecular complexity index is 342. The fraction of sp³-hybridized carbons (Fsp3) is 1.00. The van der Waals surface area contributed by atoms with Crippen molar-refractivity contribution >= 4 is 9.84 Å². The molecule has 0 aromatic heterocycles. The van der Waals surface area contributed by atoms with Crippen LogP contribution in [0.2, 0.25) is 0 Å². The Morgan fingerprint density at radius 1 is 1.38 bits per heavy atom. The summed E-state index contributed by atoms with van der Waals surface area (Å²) in [5.74, 6) is 1.19. The van der Waals surface area contributed by atoms with Crippen LogP contribution in [0.15, 0.2) is 0 Å². The predicted molar refractivity (Wildman–Crippen MR) is 65.0 cm³/mol. The molecule has 5 heteroatoms. The van der Waals surface area contributed by atoms with Gasteiger partial charge in [-0.2, -0.15) is 0 Å². The molecule has 2 aliphatic heterocycles. The summed E-state index contributed by atoms with van der Waals surface area (Å²) in [4.78, 5) is 2.30. The summed E-state index contributed by atoms with van der Waals surface area (Å²) in [5.41, 5.74) is 5.93. The lowest BCUT2D eigenvalue weighted by Gasteiger charge is -2.26. The molecule has 0 saturated carbocycles. The lowest BCUT2D eigenvalue weighted by atomic mass is 10.0. The third-order valence-electron chi connectivity index (χ3n) is 3.85. The maximum absolute atomic E-state index is 11.5. The average molecular weight is 246 g/mol. The SMILES string of the molecule is CCCC1CCN(C2CS(=O)(=O)CC2N)C1. The van der Waals surface area contributed by atoms with Gasteiger partial charge >= 0.3 is 0 Å². The van der Waals surface area contributed by atoms with Gasteiger partial charge < -0.3 is 5.73 Å². The van der Waals surface area contributed by atoms with Gasteiger partial charge in [-0.1, -0.05) is 13.3 Å². The van der Waals surface area contributed by atoms with Crippen LogP contribution in [0.1, 0.15) is 26.2 Å². The van der Waals surface area contributed by atoms with Gasteiger partial charge in [-0.25, -0.2) is 8.42 Å². The standard InChI is InChI=1S/C11H22N2O2S/c1-2-3-9-4-5-13(6-9)11-8-16(14,15)7-10(11)12/h9-11H,2-8,12H2,1H3. The molecule has 0 spiro atoms. The summed E-state index contributed by atoms with van der Waals surface area (Å²) in [6.45, 7) is 4.27. The molecule has 2 aliphatic rings. The van der Waals surface area contributed by atoms with Gasteiger partial charge in [0.1, 0.15) is 0 Å². The molecule has 2 rings (SSSR count). The average Bonchev–Trinajstić information content (AvgIpc) is 2.71. The van der Waals surface area contributed by atoms with E-state index in [9.17, 15) is 8.42 Å². The quantitative estimate of drug-likeness (QED) is 0.774. The molecule has 2 N–H and O–H groups in total. The van der Waals surface area contributed by atoms with Gasteiger partial charge in [-0.15, -0.1) is 0 Å². The molecule has 0 amide bonds. The van der Waals surface area contributed by atoms with Crippen molar-refractivity contribution in [2.45, 2.75) is 38.3 Å². The second-order valence-corrected chi connectivity index (χ2v) is 7.40. The molecule has 0 bridgehead atoms. The number of rotatable bonds is 3. The summed E-state index contributed by atoms with van der Waals surface area (Å²) >= 11 is 0. The maximum Gasteiger partial charge on any atom is 0.153 e. The molecule has 0 radical (unpaired) electrons. The number of hydrogen-bond donors (Lipinski definition) is 1. The topological polar surface area (TPSA) is 63.4 Å². The molecule has 0 aliphatic carbocycles. The van der Waals surface area contributed by atoms with Crippen molar-refractivity contribution < 1.29 is 8.42 Å². The second kappa shape index (κ2) is 4.63. The normalized spacial score (nSPS) is 39.2. The Labute approximate surface area is 98.1 Å². The molecule has 0 aromatic rings. The first kappa shape index (κ1) is 12.3. The van der Waals surface area contributed by atoms with Gasteiger partial charge in [0.05, 0.1) is 11.5 Å². The van der Waals surface area contributed by atoms with Crippen LogP contribution < -0.4 is 5.73 Å². The molecule has 3 atom stereocenters. The maximum atomic E-state index is 11.5. The van der Waals surface area contributed by atoms with Gasteiger partial charge in [-0.3, -0.25) is 4.90 Å². The highest BCUT2D eigenvalue weighted by Crippen LogP contribution is 2.26. The van der Waals surface area contributed by atoms with Crippen LogP contribution in [0.25, 0.3) is 0 Å². The van der Waals surface area contributed by atoms with E-state index in [0.717, 1.165) is 19.0 Å². The van der Waals surface area contributed by atoms with Gasteiger partial charge in [0, 0.05) is 18.6 Å². The summed E-state index contributed by atoms with van der Waals surface area (Å²) in [5, 5.41) is 0. The first-order chi connectivity index (χ1) is 7.52. The van der Waals surface area contributed by atoms with Crippen molar-refractivity contribution in [3.05, 3.63) is 0 Å². The van der Waals surface area contributed by atoms with Crippen LogP contribution in [0, 0.1) is 5.92 Å². The molecule has 2 heterocycles. The molecule has 4 nitrogen and oxygen atoms in total. The fourth-order valence-electron chi connectivity index (χ4n) is 3.04. The Kier molecular flexibility index (Phi) is 3.56. The van der Waals surface area contributed by atoms with Crippen LogP contribution in [-0.4, -0.2) is 50.0 Å². The van der Waals surface area contributed by atoms with Crippen molar-refractivity contribution in [1.29, 1.82) is 0 Å². The zero-order valence-corrected chi connectivity index (χ0v) is 10.7. The number of likely N-dealkylation sites (tertiary alicyclic amines) is 1. The Morgan fingerprint density at radius 3 is 2.69 bits per heavy atom. The fourth-order valence-corrected chi connectivity index (χ4v) is 4.96. The first-order valence-electron chi connectivity index (χ1n) is 6.22. The van der Waals surface area contributed by atoms with E-state index < -0.39 is 9.84 Å². The van der Waals surface area contributed by atoms with Crippen molar-refractivity contribution in [2.75, 3.05) is 24.6 Å². The minimum atomic E-state index is -2.88. The van der Waals surface area contributed by atoms with Crippen molar-refractivity contribution in [1.82, 2.24) is 4.90 Å². The lowest BCUT2D eigenvalue weighted by molar-refractivity contribution is 0.234. The van der Waals surface area contributed by atoms with E-state index in [1.54, 1.807) is 0 Å². The van der Waals surface area contributed by atoms with Crippen molar-refractivity contribution in [2.24, 2.45) is 11.7 Å². The zero-order chi connectivity index (χ0) is 11.8. The highest BCUT2D eigenvalue weighted by Gasteiger charge is 2.40. The number of sulfone groups is 1. The van der Waals surface area contributed by atoms with Crippen LogP contribution in [0.3, 0.4) is 0 Å². The largest absolute Gasteiger partial charge is 0.325 e. The third kappa shape index (κ3) is 2.57. The predicted octanol–water partition coefficient (Wildman–Crippen LogP) is 0.233. The second-order valence-electron chi connectivity index (χ2n) is 5.25.